The average Bonchev–Trinajstić information content (AvgIpc) is 3.24. The fraction of sp³-hybridized carbons (Fsp3) is 0.300. The Morgan fingerprint density at radius 2 is 2.04 bits per heavy atom. The molecule has 0 saturated heterocycles. The van der Waals surface area contributed by atoms with Crippen LogP contribution in [0.4, 0.5) is 0 Å². The summed E-state index contributed by atoms with van der Waals surface area (Å²) in [5.74, 6) is 1.98. The summed E-state index contributed by atoms with van der Waals surface area (Å²) in [7, 11) is 0. The second-order valence-corrected chi connectivity index (χ2v) is 7.39. The van der Waals surface area contributed by atoms with Crippen molar-refractivity contribution >= 4 is 15.9 Å². The van der Waals surface area contributed by atoms with Crippen LogP contribution in [0.3, 0.4) is 0 Å². The zero-order chi connectivity index (χ0) is 17.4. The van der Waals surface area contributed by atoms with Gasteiger partial charge in [0.25, 0.3) is 5.89 Å². The van der Waals surface area contributed by atoms with Gasteiger partial charge in [0.15, 0.2) is 0 Å². The first-order valence-corrected chi connectivity index (χ1v) is 9.32. The van der Waals surface area contributed by atoms with Crippen molar-refractivity contribution in [3.63, 3.8) is 0 Å². The van der Waals surface area contributed by atoms with E-state index >= 15 is 0 Å². The number of nitrogens with zero attached hydrogens (tertiary/aromatic N) is 2. The van der Waals surface area contributed by atoms with Crippen LogP contribution in [0.5, 0.6) is 5.75 Å². The molecule has 0 saturated carbocycles. The number of rotatable bonds is 4. The van der Waals surface area contributed by atoms with Crippen molar-refractivity contribution in [1.82, 2.24) is 10.1 Å². The van der Waals surface area contributed by atoms with E-state index in [-0.39, 0.29) is 6.10 Å². The monoisotopic (exact) mass is 398 g/mol. The summed E-state index contributed by atoms with van der Waals surface area (Å²) in [6.45, 7) is 4.01. The SMILES string of the molecule is CC(C)Oc1ccc(-c2nc(-c3cccc4c3CCC4)no2)cc1Br. The third-order valence-corrected chi connectivity index (χ3v) is 4.97. The molecule has 0 atom stereocenters. The van der Waals surface area contributed by atoms with Crippen molar-refractivity contribution < 1.29 is 9.26 Å². The molecular formula is C20H19BrN2O2. The third kappa shape index (κ3) is 3.21. The van der Waals surface area contributed by atoms with Crippen molar-refractivity contribution in [1.29, 1.82) is 0 Å². The lowest BCUT2D eigenvalue weighted by atomic mass is 10.0. The van der Waals surface area contributed by atoms with Crippen LogP contribution in [-0.2, 0) is 12.8 Å². The lowest BCUT2D eigenvalue weighted by Crippen LogP contribution is -2.05. The maximum Gasteiger partial charge on any atom is 0.258 e. The molecule has 3 aromatic rings. The van der Waals surface area contributed by atoms with E-state index in [2.05, 4.69) is 44.3 Å². The highest BCUT2D eigenvalue weighted by Crippen LogP contribution is 2.34. The Bertz CT molecular complexity index is 918. The van der Waals surface area contributed by atoms with Gasteiger partial charge in [-0.25, -0.2) is 0 Å². The molecule has 0 bridgehead atoms. The summed E-state index contributed by atoms with van der Waals surface area (Å²) in [6, 6.07) is 12.2. The number of ether oxygens (including phenoxy) is 1. The predicted octanol–water partition coefficient (Wildman–Crippen LogP) is 5.44. The zero-order valence-corrected chi connectivity index (χ0v) is 15.8. The number of aryl methyl sites for hydroxylation is 1. The van der Waals surface area contributed by atoms with E-state index in [0.717, 1.165) is 34.2 Å². The van der Waals surface area contributed by atoms with Gasteiger partial charge in [-0.15, -0.1) is 0 Å². The van der Waals surface area contributed by atoms with E-state index in [1.807, 2.05) is 32.0 Å². The first-order valence-electron chi connectivity index (χ1n) is 8.53. The normalized spacial score (nSPS) is 13.3. The lowest BCUT2D eigenvalue weighted by molar-refractivity contribution is 0.241. The summed E-state index contributed by atoms with van der Waals surface area (Å²) < 4.78 is 12.1. The largest absolute Gasteiger partial charge is 0.490 e. The zero-order valence-electron chi connectivity index (χ0n) is 14.3. The van der Waals surface area contributed by atoms with Gasteiger partial charge in [0.1, 0.15) is 5.75 Å². The van der Waals surface area contributed by atoms with Crippen molar-refractivity contribution in [2.45, 2.75) is 39.2 Å². The minimum atomic E-state index is 0.123. The van der Waals surface area contributed by atoms with Crippen LogP contribution >= 0.6 is 15.9 Å². The number of hydrogen-bond acceptors (Lipinski definition) is 4. The molecule has 1 aliphatic rings. The molecule has 0 unspecified atom stereocenters. The lowest BCUT2D eigenvalue weighted by Gasteiger charge is -2.11. The number of benzene rings is 2. The quantitative estimate of drug-likeness (QED) is 0.586. The molecular weight excluding hydrogens is 380 g/mol. The van der Waals surface area contributed by atoms with Gasteiger partial charge in [0, 0.05) is 11.1 Å². The van der Waals surface area contributed by atoms with E-state index in [0.29, 0.717) is 11.7 Å². The summed E-state index contributed by atoms with van der Waals surface area (Å²) in [4.78, 5) is 4.62. The molecule has 0 fully saturated rings. The maximum absolute atomic E-state index is 5.75. The van der Waals surface area contributed by atoms with Gasteiger partial charge in [-0.3, -0.25) is 0 Å². The predicted molar refractivity (Wildman–Crippen MR) is 101 cm³/mol. The van der Waals surface area contributed by atoms with Gasteiger partial charge in [-0.1, -0.05) is 23.4 Å². The topological polar surface area (TPSA) is 48.2 Å². The van der Waals surface area contributed by atoms with Crippen LogP contribution in [0.15, 0.2) is 45.4 Å². The molecule has 0 radical (unpaired) electrons. The number of aromatic nitrogens is 2. The van der Waals surface area contributed by atoms with Gasteiger partial charge in [0.2, 0.25) is 5.82 Å². The summed E-state index contributed by atoms with van der Waals surface area (Å²) in [5, 5.41) is 4.21. The molecule has 0 aliphatic heterocycles. The molecule has 4 rings (SSSR count). The maximum atomic E-state index is 5.75. The van der Waals surface area contributed by atoms with Crippen LogP contribution in [0.2, 0.25) is 0 Å². The second kappa shape index (κ2) is 6.64. The third-order valence-electron chi connectivity index (χ3n) is 4.35. The van der Waals surface area contributed by atoms with E-state index in [1.54, 1.807) is 0 Å². The van der Waals surface area contributed by atoms with Crippen LogP contribution in [0.25, 0.3) is 22.8 Å². The molecule has 25 heavy (non-hydrogen) atoms. The van der Waals surface area contributed by atoms with Crippen molar-refractivity contribution in [3.05, 3.63) is 52.0 Å². The first kappa shape index (κ1) is 16.3. The Labute approximate surface area is 155 Å². The minimum absolute atomic E-state index is 0.123. The fourth-order valence-corrected chi connectivity index (χ4v) is 3.73. The van der Waals surface area contributed by atoms with E-state index in [4.69, 9.17) is 9.26 Å². The summed E-state index contributed by atoms with van der Waals surface area (Å²) >= 11 is 3.55. The average molecular weight is 399 g/mol. The fourth-order valence-electron chi connectivity index (χ4n) is 3.26. The molecule has 2 aromatic carbocycles. The van der Waals surface area contributed by atoms with Gasteiger partial charge in [-0.2, -0.15) is 4.98 Å². The highest BCUT2D eigenvalue weighted by Gasteiger charge is 2.19. The second-order valence-electron chi connectivity index (χ2n) is 6.53. The van der Waals surface area contributed by atoms with Crippen molar-refractivity contribution in [2.75, 3.05) is 0 Å². The molecule has 1 aromatic heterocycles. The Hall–Kier alpha value is -2.14. The molecule has 4 nitrogen and oxygen atoms in total. The van der Waals surface area contributed by atoms with Crippen LogP contribution < -0.4 is 4.74 Å². The number of hydrogen-bond donors (Lipinski definition) is 0. The first-order chi connectivity index (χ1) is 12.1. The van der Waals surface area contributed by atoms with Gasteiger partial charge < -0.3 is 9.26 Å². The highest BCUT2D eigenvalue weighted by atomic mass is 79.9. The summed E-state index contributed by atoms with van der Waals surface area (Å²) in [6.07, 6.45) is 3.54. The Kier molecular flexibility index (Phi) is 4.34. The van der Waals surface area contributed by atoms with E-state index in [1.165, 1.54) is 17.5 Å². The number of fused-ring (bicyclic) bond motifs is 1. The molecule has 128 valence electrons. The molecule has 1 heterocycles. The molecule has 5 heteroatoms. The van der Waals surface area contributed by atoms with Crippen molar-refractivity contribution in [3.8, 4) is 28.6 Å². The van der Waals surface area contributed by atoms with Gasteiger partial charge in [-0.05, 0) is 78.4 Å². The highest BCUT2D eigenvalue weighted by molar-refractivity contribution is 9.10. The molecule has 1 aliphatic carbocycles. The Morgan fingerprint density at radius 1 is 1.16 bits per heavy atom. The van der Waals surface area contributed by atoms with Gasteiger partial charge >= 0.3 is 0 Å². The van der Waals surface area contributed by atoms with E-state index in [9.17, 15) is 0 Å². The molecule has 0 N–H and O–H groups in total. The van der Waals surface area contributed by atoms with E-state index < -0.39 is 0 Å². The Balaban J connectivity index is 1.66. The van der Waals surface area contributed by atoms with Crippen LogP contribution in [-0.4, -0.2) is 16.2 Å². The Morgan fingerprint density at radius 3 is 2.84 bits per heavy atom. The standard InChI is InChI=1S/C20H19BrN2O2/c1-12(2)24-18-10-9-14(11-17(18)21)20-22-19(23-25-20)16-8-4-6-13-5-3-7-15(13)16/h4,6,8-12H,3,5,7H2,1-2H3. The van der Waals surface area contributed by atoms with Crippen molar-refractivity contribution in [2.24, 2.45) is 0 Å². The smallest absolute Gasteiger partial charge is 0.258 e. The van der Waals surface area contributed by atoms with Crippen LogP contribution in [0, 0.1) is 0 Å². The minimum Gasteiger partial charge on any atom is -0.490 e. The molecule has 0 amide bonds. The summed E-state index contributed by atoms with van der Waals surface area (Å²) in [5.41, 5.74) is 4.72. The van der Waals surface area contributed by atoms with Gasteiger partial charge in [0.05, 0.1) is 10.6 Å². The van der Waals surface area contributed by atoms with Crippen LogP contribution in [0.1, 0.15) is 31.4 Å². The number of halogens is 1. The molecule has 0 spiro atoms.